The molecule has 0 saturated heterocycles. The van der Waals surface area contributed by atoms with Gasteiger partial charge in [-0.2, -0.15) is 0 Å². The van der Waals surface area contributed by atoms with E-state index in [1.165, 1.54) is 37.0 Å². The van der Waals surface area contributed by atoms with Gasteiger partial charge in [-0.05, 0) is 49.1 Å². The van der Waals surface area contributed by atoms with Crippen LogP contribution in [0.15, 0.2) is 34.2 Å². The molecule has 0 spiro atoms. The van der Waals surface area contributed by atoms with Gasteiger partial charge in [-0.25, -0.2) is 0 Å². The Hall–Kier alpha value is -1.20. The molecule has 4 N–H and O–H groups in total. The largest absolute Gasteiger partial charge is 0.356 e. The molecular formula is C20H34N4S. The molecule has 0 radical (unpaired) electrons. The highest BCUT2D eigenvalue weighted by atomic mass is 32.2. The van der Waals surface area contributed by atoms with Crippen molar-refractivity contribution in [3.8, 4) is 0 Å². The monoisotopic (exact) mass is 362 g/mol. The SMILES string of the molecule is CSc1ccccc1NC(=NCC(C)(C)CN)NCC1CCCCC1. The molecule has 0 amide bonds. The van der Waals surface area contributed by atoms with Gasteiger partial charge in [0.15, 0.2) is 5.96 Å². The molecule has 25 heavy (non-hydrogen) atoms. The number of anilines is 1. The summed E-state index contributed by atoms with van der Waals surface area (Å²) in [6.07, 6.45) is 8.88. The van der Waals surface area contributed by atoms with E-state index in [-0.39, 0.29) is 5.41 Å². The average molecular weight is 363 g/mol. The maximum Gasteiger partial charge on any atom is 0.195 e. The number of aliphatic imine (C=N–C) groups is 1. The summed E-state index contributed by atoms with van der Waals surface area (Å²) >= 11 is 1.75. The molecule has 1 aliphatic rings. The molecule has 1 fully saturated rings. The summed E-state index contributed by atoms with van der Waals surface area (Å²) in [6, 6.07) is 8.37. The lowest BCUT2D eigenvalue weighted by Crippen LogP contribution is -2.37. The molecule has 5 heteroatoms. The van der Waals surface area contributed by atoms with E-state index < -0.39 is 0 Å². The Morgan fingerprint density at radius 3 is 2.64 bits per heavy atom. The van der Waals surface area contributed by atoms with Crippen molar-refractivity contribution >= 4 is 23.4 Å². The van der Waals surface area contributed by atoms with E-state index in [1.54, 1.807) is 11.8 Å². The van der Waals surface area contributed by atoms with Crippen molar-refractivity contribution < 1.29 is 0 Å². The van der Waals surface area contributed by atoms with Crippen molar-refractivity contribution in [3.63, 3.8) is 0 Å². The number of rotatable bonds is 7. The zero-order valence-corrected chi connectivity index (χ0v) is 16.8. The van der Waals surface area contributed by atoms with Crippen LogP contribution in [-0.4, -0.2) is 31.8 Å². The predicted molar refractivity (Wildman–Crippen MR) is 112 cm³/mol. The van der Waals surface area contributed by atoms with Gasteiger partial charge in [0.25, 0.3) is 0 Å². The summed E-state index contributed by atoms with van der Waals surface area (Å²) in [4.78, 5) is 6.06. The predicted octanol–water partition coefficient (Wildman–Crippen LogP) is 4.33. The fourth-order valence-electron chi connectivity index (χ4n) is 3.00. The van der Waals surface area contributed by atoms with Crippen LogP contribution in [0, 0.1) is 11.3 Å². The Bertz CT molecular complexity index is 550. The van der Waals surface area contributed by atoms with Gasteiger partial charge >= 0.3 is 0 Å². The summed E-state index contributed by atoms with van der Waals surface area (Å²) in [7, 11) is 0. The Morgan fingerprint density at radius 2 is 1.96 bits per heavy atom. The first-order valence-electron chi connectivity index (χ1n) is 9.42. The van der Waals surface area contributed by atoms with Crippen LogP contribution in [0.4, 0.5) is 5.69 Å². The second-order valence-corrected chi connectivity index (χ2v) is 8.59. The lowest BCUT2D eigenvalue weighted by atomic mass is 9.89. The second-order valence-electron chi connectivity index (χ2n) is 7.74. The van der Waals surface area contributed by atoms with Gasteiger partial charge in [-0.3, -0.25) is 4.99 Å². The molecule has 4 nitrogen and oxygen atoms in total. The molecule has 0 aliphatic heterocycles. The van der Waals surface area contributed by atoms with Crippen LogP contribution in [-0.2, 0) is 0 Å². The van der Waals surface area contributed by atoms with Gasteiger partial charge in [0.1, 0.15) is 0 Å². The second kappa shape index (κ2) is 10.1. The average Bonchev–Trinajstić information content (AvgIpc) is 2.65. The van der Waals surface area contributed by atoms with Gasteiger partial charge in [-0.1, -0.05) is 45.2 Å². The van der Waals surface area contributed by atoms with E-state index in [9.17, 15) is 0 Å². The summed E-state index contributed by atoms with van der Waals surface area (Å²) in [5.41, 5.74) is 6.99. The topological polar surface area (TPSA) is 62.4 Å². The molecule has 1 aromatic carbocycles. The number of nitrogens with two attached hydrogens (primary N) is 1. The van der Waals surface area contributed by atoms with Crippen molar-refractivity contribution in [2.45, 2.75) is 50.8 Å². The van der Waals surface area contributed by atoms with E-state index in [2.05, 4.69) is 55.0 Å². The number of hydrogen-bond acceptors (Lipinski definition) is 3. The van der Waals surface area contributed by atoms with Crippen molar-refractivity contribution in [1.82, 2.24) is 5.32 Å². The van der Waals surface area contributed by atoms with Crippen molar-refractivity contribution in [2.24, 2.45) is 22.1 Å². The number of nitrogens with one attached hydrogen (secondary N) is 2. The molecule has 0 aromatic heterocycles. The number of nitrogens with zero attached hydrogens (tertiary/aromatic N) is 1. The first-order chi connectivity index (χ1) is 12.0. The summed E-state index contributed by atoms with van der Waals surface area (Å²) in [5.74, 6) is 1.63. The van der Waals surface area contributed by atoms with Gasteiger partial charge < -0.3 is 16.4 Å². The smallest absolute Gasteiger partial charge is 0.195 e. The molecular weight excluding hydrogens is 328 g/mol. The molecule has 140 valence electrons. The van der Waals surface area contributed by atoms with E-state index in [1.807, 2.05) is 0 Å². The molecule has 1 aromatic rings. The zero-order chi connectivity index (χ0) is 18.1. The standard InChI is InChI=1S/C20H34N4S/c1-20(2,14-21)15-23-19(22-13-16-9-5-4-6-10-16)24-17-11-7-8-12-18(17)25-3/h7-8,11-12,16H,4-6,9-10,13-15,21H2,1-3H3,(H2,22,23,24). The molecule has 2 rings (SSSR count). The third-order valence-electron chi connectivity index (χ3n) is 4.86. The Balaban J connectivity index is 2.06. The Kier molecular flexibility index (Phi) is 8.10. The van der Waals surface area contributed by atoms with Crippen LogP contribution in [0.1, 0.15) is 46.0 Å². The molecule has 0 unspecified atom stereocenters. The number of guanidine groups is 1. The van der Waals surface area contributed by atoms with Crippen molar-refractivity contribution in [2.75, 3.05) is 31.2 Å². The van der Waals surface area contributed by atoms with Crippen molar-refractivity contribution in [3.05, 3.63) is 24.3 Å². The third kappa shape index (κ3) is 6.90. The highest BCUT2D eigenvalue weighted by Gasteiger charge is 2.17. The normalized spacial score (nSPS) is 16.7. The minimum absolute atomic E-state index is 0.0124. The number of benzene rings is 1. The first kappa shape index (κ1) is 20.1. The fourth-order valence-corrected chi connectivity index (χ4v) is 3.56. The number of thioether (sulfide) groups is 1. The highest BCUT2D eigenvalue weighted by Crippen LogP contribution is 2.25. The van der Waals surface area contributed by atoms with E-state index >= 15 is 0 Å². The van der Waals surface area contributed by atoms with Crippen LogP contribution in [0.25, 0.3) is 0 Å². The third-order valence-corrected chi connectivity index (χ3v) is 5.66. The van der Waals surface area contributed by atoms with Crippen LogP contribution in [0.2, 0.25) is 0 Å². The summed E-state index contributed by atoms with van der Waals surface area (Å²) in [6.45, 7) is 6.66. The van der Waals surface area contributed by atoms with Gasteiger partial charge in [0.2, 0.25) is 0 Å². The lowest BCUT2D eigenvalue weighted by Gasteiger charge is -2.24. The maximum absolute atomic E-state index is 5.87. The number of hydrogen-bond donors (Lipinski definition) is 3. The van der Waals surface area contributed by atoms with Crippen LogP contribution in [0.3, 0.4) is 0 Å². The maximum atomic E-state index is 5.87. The lowest BCUT2D eigenvalue weighted by molar-refractivity contribution is 0.356. The Labute approximate surface area is 157 Å². The molecule has 0 atom stereocenters. The van der Waals surface area contributed by atoms with Crippen LogP contribution in [0.5, 0.6) is 0 Å². The zero-order valence-electron chi connectivity index (χ0n) is 16.0. The van der Waals surface area contributed by atoms with Crippen LogP contribution >= 0.6 is 11.8 Å². The quantitative estimate of drug-likeness (QED) is 0.384. The van der Waals surface area contributed by atoms with E-state index in [4.69, 9.17) is 10.7 Å². The van der Waals surface area contributed by atoms with Gasteiger partial charge in [0.05, 0.1) is 5.69 Å². The summed E-state index contributed by atoms with van der Waals surface area (Å²) in [5, 5.41) is 7.09. The van der Waals surface area contributed by atoms with Crippen molar-refractivity contribution in [1.29, 1.82) is 0 Å². The molecule has 1 saturated carbocycles. The molecule has 0 bridgehead atoms. The molecule has 1 aliphatic carbocycles. The first-order valence-corrected chi connectivity index (χ1v) is 10.6. The van der Waals surface area contributed by atoms with E-state index in [0.29, 0.717) is 13.1 Å². The fraction of sp³-hybridized carbons (Fsp3) is 0.650. The minimum Gasteiger partial charge on any atom is -0.356 e. The molecule has 0 heterocycles. The Morgan fingerprint density at radius 1 is 1.24 bits per heavy atom. The van der Waals surface area contributed by atoms with Crippen LogP contribution < -0.4 is 16.4 Å². The summed E-state index contributed by atoms with van der Waals surface area (Å²) < 4.78 is 0. The minimum atomic E-state index is 0.0124. The van der Waals surface area contributed by atoms with Gasteiger partial charge in [0, 0.05) is 18.0 Å². The van der Waals surface area contributed by atoms with E-state index in [0.717, 1.165) is 24.1 Å². The van der Waals surface area contributed by atoms with Gasteiger partial charge in [-0.15, -0.1) is 11.8 Å². The number of para-hydroxylation sites is 1. The highest BCUT2D eigenvalue weighted by molar-refractivity contribution is 7.98.